The Balaban J connectivity index is 1.78. The molecule has 2 N–H and O–H groups in total. The maximum atomic E-state index is 11.7. The minimum absolute atomic E-state index is 0.128. The Morgan fingerprint density at radius 1 is 1.50 bits per heavy atom. The van der Waals surface area contributed by atoms with Crippen LogP contribution in [0.4, 0.5) is 0 Å². The highest BCUT2D eigenvalue weighted by molar-refractivity contribution is 7.89. The highest BCUT2D eigenvalue weighted by Gasteiger charge is 2.21. The zero-order valence-corrected chi connectivity index (χ0v) is 11.6. The lowest BCUT2D eigenvalue weighted by Gasteiger charge is -2.06. The normalized spacial score (nSPS) is 16.1. The van der Waals surface area contributed by atoms with Crippen LogP contribution in [-0.4, -0.2) is 36.5 Å². The van der Waals surface area contributed by atoms with E-state index in [1.54, 1.807) is 4.68 Å². The van der Waals surface area contributed by atoms with Crippen LogP contribution in [0.3, 0.4) is 0 Å². The Hall–Kier alpha value is -0.920. The third-order valence-electron chi connectivity index (χ3n) is 2.98. The van der Waals surface area contributed by atoms with E-state index in [4.69, 9.17) is 0 Å². The summed E-state index contributed by atoms with van der Waals surface area (Å²) in [4.78, 5) is 0. The SMILES string of the molecule is Cc1nn(C)cc1CNS(=O)(=O)CCNC1CC1. The van der Waals surface area contributed by atoms with Gasteiger partial charge in [-0.2, -0.15) is 5.10 Å². The van der Waals surface area contributed by atoms with Gasteiger partial charge in [0.05, 0.1) is 11.4 Å². The zero-order valence-electron chi connectivity index (χ0n) is 10.8. The van der Waals surface area contributed by atoms with Crippen molar-refractivity contribution in [3.63, 3.8) is 0 Å². The van der Waals surface area contributed by atoms with Crippen molar-refractivity contribution < 1.29 is 8.42 Å². The van der Waals surface area contributed by atoms with E-state index in [2.05, 4.69) is 15.1 Å². The van der Waals surface area contributed by atoms with Crippen LogP contribution in [0.15, 0.2) is 6.20 Å². The molecule has 1 aliphatic carbocycles. The average Bonchev–Trinajstić information content (AvgIpc) is 3.02. The summed E-state index contributed by atoms with van der Waals surface area (Å²) < 4.78 is 27.8. The van der Waals surface area contributed by atoms with E-state index in [0.29, 0.717) is 19.1 Å². The van der Waals surface area contributed by atoms with Crippen molar-refractivity contribution in [2.24, 2.45) is 7.05 Å². The molecule has 0 bridgehead atoms. The number of aromatic nitrogens is 2. The lowest BCUT2D eigenvalue weighted by Crippen LogP contribution is -2.32. The van der Waals surface area contributed by atoms with Gasteiger partial charge in [-0.1, -0.05) is 0 Å². The summed E-state index contributed by atoms with van der Waals surface area (Å²) in [6.45, 7) is 2.70. The summed E-state index contributed by atoms with van der Waals surface area (Å²) in [6.07, 6.45) is 4.17. The fraction of sp³-hybridized carbons (Fsp3) is 0.727. The van der Waals surface area contributed by atoms with E-state index >= 15 is 0 Å². The minimum Gasteiger partial charge on any atom is -0.313 e. The van der Waals surface area contributed by atoms with Gasteiger partial charge in [0.25, 0.3) is 0 Å². The van der Waals surface area contributed by atoms with E-state index in [1.807, 2.05) is 20.2 Å². The molecular formula is C11H20N4O2S. The molecule has 1 saturated carbocycles. The van der Waals surface area contributed by atoms with Crippen molar-refractivity contribution in [1.29, 1.82) is 0 Å². The fourth-order valence-electron chi connectivity index (χ4n) is 1.77. The van der Waals surface area contributed by atoms with E-state index in [9.17, 15) is 8.42 Å². The molecule has 1 aromatic rings. The molecule has 1 heterocycles. The number of hydrogen-bond donors (Lipinski definition) is 2. The van der Waals surface area contributed by atoms with Crippen LogP contribution in [0.5, 0.6) is 0 Å². The van der Waals surface area contributed by atoms with Crippen LogP contribution in [0.2, 0.25) is 0 Å². The predicted octanol–water partition coefficient (Wildman–Crippen LogP) is -0.100. The van der Waals surface area contributed by atoms with Gasteiger partial charge in [0.2, 0.25) is 10.0 Å². The molecule has 1 aliphatic rings. The van der Waals surface area contributed by atoms with Gasteiger partial charge >= 0.3 is 0 Å². The Morgan fingerprint density at radius 3 is 2.78 bits per heavy atom. The van der Waals surface area contributed by atoms with Crippen LogP contribution in [0, 0.1) is 6.92 Å². The number of hydrogen-bond acceptors (Lipinski definition) is 4. The molecule has 0 atom stereocenters. The summed E-state index contributed by atoms with van der Waals surface area (Å²) in [6, 6.07) is 0.542. The van der Waals surface area contributed by atoms with Crippen molar-refractivity contribution in [2.75, 3.05) is 12.3 Å². The van der Waals surface area contributed by atoms with Crippen molar-refractivity contribution in [2.45, 2.75) is 32.4 Å². The number of nitrogens with zero attached hydrogens (tertiary/aromatic N) is 2. The Labute approximate surface area is 108 Å². The molecule has 18 heavy (non-hydrogen) atoms. The van der Waals surface area contributed by atoms with Gasteiger partial charge < -0.3 is 5.32 Å². The van der Waals surface area contributed by atoms with Gasteiger partial charge in [0.15, 0.2) is 0 Å². The largest absolute Gasteiger partial charge is 0.313 e. The third kappa shape index (κ3) is 4.08. The molecule has 0 spiro atoms. The van der Waals surface area contributed by atoms with Gasteiger partial charge in [0.1, 0.15) is 0 Å². The Morgan fingerprint density at radius 2 is 2.22 bits per heavy atom. The minimum atomic E-state index is -3.20. The number of aryl methyl sites for hydroxylation is 2. The molecule has 7 heteroatoms. The monoisotopic (exact) mass is 272 g/mol. The summed E-state index contributed by atoms with van der Waals surface area (Å²) in [5, 5.41) is 7.37. The van der Waals surface area contributed by atoms with Gasteiger partial charge in [-0.05, 0) is 19.8 Å². The first kappa shape index (κ1) is 13.5. The average molecular weight is 272 g/mol. The second-order valence-corrected chi connectivity index (χ2v) is 6.71. The Kier molecular flexibility index (Phi) is 4.04. The number of nitrogens with one attached hydrogen (secondary N) is 2. The molecule has 0 radical (unpaired) electrons. The molecular weight excluding hydrogens is 252 g/mol. The molecule has 0 aliphatic heterocycles. The molecule has 1 aromatic heterocycles. The second kappa shape index (κ2) is 5.38. The first-order valence-electron chi connectivity index (χ1n) is 6.16. The summed E-state index contributed by atoms with van der Waals surface area (Å²) >= 11 is 0. The second-order valence-electron chi connectivity index (χ2n) is 4.78. The predicted molar refractivity (Wildman–Crippen MR) is 69.6 cm³/mol. The molecule has 0 aromatic carbocycles. The van der Waals surface area contributed by atoms with Gasteiger partial charge in [0, 0.05) is 37.9 Å². The maximum Gasteiger partial charge on any atom is 0.213 e. The molecule has 0 saturated heterocycles. The van der Waals surface area contributed by atoms with E-state index < -0.39 is 10.0 Å². The maximum absolute atomic E-state index is 11.7. The molecule has 102 valence electrons. The van der Waals surface area contributed by atoms with E-state index in [-0.39, 0.29) is 5.75 Å². The molecule has 6 nitrogen and oxygen atoms in total. The highest BCUT2D eigenvalue weighted by Crippen LogP contribution is 2.18. The van der Waals surface area contributed by atoms with Crippen molar-refractivity contribution in [3.05, 3.63) is 17.5 Å². The van der Waals surface area contributed by atoms with Crippen LogP contribution in [-0.2, 0) is 23.6 Å². The van der Waals surface area contributed by atoms with Crippen LogP contribution >= 0.6 is 0 Å². The highest BCUT2D eigenvalue weighted by atomic mass is 32.2. The fourth-order valence-corrected chi connectivity index (χ4v) is 2.67. The molecule has 2 rings (SSSR count). The topological polar surface area (TPSA) is 76.0 Å². The van der Waals surface area contributed by atoms with E-state index in [0.717, 1.165) is 11.3 Å². The van der Waals surface area contributed by atoms with Crippen molar-refractivity contribution in [3.8, 4) is 0 Å². The quantitative estimate of drug-likeness (QED) is 0.727. The van der Waals surface area contributed by atoms with Crippen LogP contribution in [0.25, 0.3) is 0 Å². The third-order valence-corrected chi connectivity index (χ3v) is 4.30. The van der Waals surface area contributed by atoms with Crippen LogP contribution < -0.4 is 10.0 Å². The Bertz CT molecular complexity index is 505. The lowest BCUT2D eigenvalue weighted by atomic mass is 10.3. The number of sulfonamides is 1. The molecule has 0 unspecified atom stereocenters. The van der Waals surface area contributed by atoms with Gasteiger partial charge in [-0.3, -0.25) is 4.68 Å². The smallest absolute Gasteiger partial charge is 0.213 e. The molecule has 0 amide bonds. The van der Waals surface area contributed by atoms with Crippen molar-refractivity contribution in [1.82, 2.24) is 19.8 Å². The summed E-state index contributed by atoms with van der Waals surface area (Å²) in [5.74, 6) is 0.128. The first-order valence-corrected chi connectivity index (χ1v) is 7.81. The lowest BCUT2D eigenvalue weighted by molar-refractivity contribution is 0.576. The summed E-state index contributed by atoms with van der Waals surface area (Å²) in [5.41, 5.74) is 1.77. The van der Waals surface area contributed by atoms with Gasteiger partial charge in [-0.15, -0.1) is 0 Å². The zero-order chi connectivity index (χ0) is 13.2. The molecule has 1 fully saturated rings. The first-order chi connectivity index (χ1) is 8.46. The number of rotatable bonds is 7. The van der Waals surface area contributed by atoms with Crippen molar-refractivity contribution >= 4 is 10.0 Å². The van der Waals surface area contributed by atoms with Crippen LogP contribution in [0.1, 0.15) is 24.1 Å². The standard InChI is InChI=1S/C11H20N4O2S/c1-9-10(8-15(2)14-9)7-13-18(16,17)6-5-12-11-3-4-11/h8,11-13H,3-7H2,1-2H3. The van der Waals surface area contributed by atoms with Gasteiger partial charge in [-0.25, -0.2) is 13.1 Å². The van der Waals surface area contributed by atoms with E-state index in [1.165, 1.54) is 12.8 Å². The summed E-state index contributed by atoms with van der Waals surface area (Å²) in [7, 11) is -1.38.